The number of aryl methyl sites for hydroxylation is 3. The first-order chi connectivity index (χ1) is 14.0. The maximum atomic E-state index is 12.9. The lowest BCUT2D eigenvalue weighted by Crippen LogP contribution is -2.45. The molecule has 2 aliphatic heterocycles. The fourth-order valence-electron chi connectivity index (χ4n) is 5.21. The number of hydrogen-bond acceptors (Lipinski definition) is 3. The van der Waals surface area contributed by atoms with Crippen molar-refractivity contribution in [1.29, 1.82) is 0 Å². The van der Waals surface area contributed by atoms with Gasteiger partial charge in [0, 0.05) is 31.5 Å². The number of carbonyl (C=O) groups excluding carboxylic acids is 1. The van der Waals surface area contributed by atoms with Gasteiger partial charge in [0.25, 0.3) is 0 Å². The smallest absolute Gasteiger partial charge is 0.338 e. The Hall–Kier alpha value is -2.10. The average molecular weight is 426 g/mol. The Morgan fingerprint density at radius 1 is 1.03 bits per heavy atom. The maximum Gasteiger partial charge on any atom is 0.338 e. The molecule has 4 heteroatoms. The average Bonchev–Trinajstić information content (AvgIpc) is 2.91. The molecule has 2 aliphatic rings. The van der Waals surface area contributed by atoms with Crippen LogP contribution in [0.15, 0.2) is 48.5 Å². The van der Waals surface area contributed by atoms with Crippen molar-refractivity contribution in [3.05, 3.63) is 76.4 Å². The minimum atomic E-state index is -0.151. The molecule has 2 heterocycles. The summed E-state index contributed by atoms with van der Waals surface area (Å²) in [4.78, 5) is 15.5. The summed E-state index contributed by atoms with van der Waals surface area (Å²) < 4.78 is 6.00. The van der Waals surface area contributed by atoms with Gasteiger partial charge in [0.15, 0.2) is 0 Å². The molecule has 160 valence electrons. The normalized spacial score (nSPS) is 23.4. The standard InChI is InChI=1S/C26H31NO2.ClH/c1-18-14-19(2)25(20(3)15-18)26(28)29-24-16-22-11-12-23(17-24)27(22)13-7-10-21-8-5-4-6-9-21;/h4-10,14-15,22-24H,11-13,16-17H2,1-3H3;1H/b10-7+;. The van der Waals surface area contributed by atoms with Gasteiger partial charge in [0.1, 0.15) is 6.10 Å². The van der Waals surface area contributed by atoms with Gasteiger partial charge in [-0.1, -0.05) is 60.2 Å². The highest BCUT2D eigenvalue weighted by molar-refractivity contribution is 5.93. The van der Waals surface area contributed by atoms with Crippen LogP contribution in [0.25, 0.3) is 6.08 Å². The second kappa shape index (κ2) is 9.80. The first-order valence-corrected chi connectivity index (χ1v) is 10.8. The van der Waals surface area contributed by atoms with Crippen LogP contribution in [0, 0.1) is 20.8 Å². The van der Waals surface area contributed by atoms with Crippen molar-refractivity contribution in [2.75, 3.05) is 6.54 Å². The first kappa shape index (κ1) is 22.6. The van der Waals surface area contributed by atoms with Crippen LogP contribution in [0.1, 0.15) is 58.3 Å². The summed E-state index contributed by atoms with van der Waals surface area (Å²) >= 11 is 0. The summed E-state index contributed by atoms with van der Waals surface area (Å²) in [6.45, 7) is 7.04. The molecular weight excluding hydrogens is 394 g/mol. The van der Waals surface area contributed by atoms with E-state index in [-0.39, 0.29) is 24.5 Å². The molecule has 3 nitrogen and oxygen atoms in total. The highest BCUT2D eigenvalue weighted by atomic mass is 35.5. The first-order valence-electron chi connectivity index (χ1n) is 10.8. The van der Waals surface area contributed by atoms with Crippen molar-refractivity contribution in [2.24, 2.45) is 0 Å². The number of nitrogens with zero attached hydrogens (tertiary/aromatic N) is 1. The zero-order valence-electron chi connectivity index (χ0n) is 18.1. The van der Waals surface area contributed by atoms with Crippen molar-refractivity contribution in [3.63, 3.8) is 0 Å². The van der Waals surface area contributed by atoms with E-state index in [4.69, 9.17) is 4.74 Å². The Kier molecular flexibility index (Phi) is 7.38. The molecule has 0 amide bonds. The van der Waals surface area contributed by atoms with Crippen molar-refractivity contribution in [3.8, 4) is 0 Å². The lowest BCUT2D eigenvalue weighted by atomic mass is 9.98. The van der Waals surface area contributed by atoms with Crippen LogP contribution >= 0.6 is 12.4 Å². The van der Waals surface area contributed by atoms with Crippen LogP contribution in [0.4, 0.5) is 0 Å². The fourth-order valence-corrected chi connectivity index (χ4v) is 5.21. The summed E-state index contributed by atoms with van der Waals surface area (Å²) in [6, 6.07) is 15.6. The molecule has 0 aromatic heterocycles. The number of hydrogen-bond donors (Lipinski definition) is 0. The van der Waals surface area contributed by atoms with Gasteiger partial charge in [-0.25, -0.2) is 4.79 Å². The molecule has 2 saturated heterocycles. The fraction of sp³-hybridized carbons (Fsp3) is 0.423. The zero-order valence-corrected chi connectivity index (χ0v) is 19.0. The number of carbonyl (C=O) groups is 1. The van der Waals surface area contributed by atoms with Gasteiger partial charge in [-0.2, -0.15) is 0 Å². The number of ether oxygens (including phenoxy) is 1. The van der Waals surface area contributed by atoms with E-state index in [1.165, 1.54) is 24.0 Å². The van der Waals surface area contributed by atoms with E-state index in [0.717, 1.165) is 36.1 Å². The van der Waals surface area contributed by atoms with Crippen molar-refractivity contribution in [2.45, 2.75) is 64.6 Å². The molecule has 0 radical (unpaired) electrons. The Balaban J connectivity index is 0.00000256. The maximum absolute atomic E-state index is 12.9. The number of piperidine rings is 1. The van der Waals surface area contributed by atoms with Crippen LogP contribution < -0.4 is 0 Å². The van der Waals surface area contributed by atoms with Gasteiger partial charge in [0.05, 0.1) is 5.56 Å². The van der Waals surface area contributed by atoms with E-state index < -0.39 is 0 Å². The molecule has 4 rings (SSSR count). The quantitative estimate of drug-likeness (QED) is 0.558. The molecule has 0 aliphatic carbocycles. The van der Waals surface area contributed by atoms with E-state index in [0.29, 0.717) is 12.1 Å². The van der Waals surface area contributed by atoms with E-state index in [1.54, 1.807) is 0 Å². The van der Waals surface area contributed by atoms with Gasteiger partial charge in [-0.3, -0.25) is 4.90 Å². The predicted octanol–water partition coefficient (Wildman–Crippen LogP) is 5.90. The summed E-state index contributed by atoms with van der Waals surface area (Å²) in [5.74, 6) is -0.151. The van der Waals surface area contributed by atoms with Crippen LogP contribution in [-0.2, 0) is 4.74 Å². The van der Waals surface area contributed by atoms with Crippen LogP contribution in [0.3, 0.4) is 0 Å². The largest absolute Gasteiger partial charge is 0.459 e. The monoisotopic (exact) mass is 425 g/mol. The van der Waals surface area contributed by atoms with Crippen molar-refractivity contribution >= 4 is 24.5 Å². The minimum absolute atomic E-state index is 0. The Labute approximate surface area is 186 Å². The van der Waals surface area contributed by atoms with Gasteiger partial charge >= 0.3 is 5.97 Å². The van der Waals surface area contributed by atoms with Crippen LogP contribution in [0.2, 0.25) is 0 Å². The zero-order chi connectivity index (χ0) is 20.4. The lowest BCUT2D eigenvalue weighted by molar-refractivity contribution is -0.00354. The number of fused-ring (bicyclic) bond motifs is 2. The summed E-state index contributed by atoms with van der Waals surface area (Å²) in [7, 11) is 0. The van der Waals surface area contributed by atoms with Gasteiger partial charge in [-0.15, -0.1) is 12.4 Å². The molecule has 2 fully saturated rings. The molecule has 2 atom stereocenters. The van der Waals surface area contributed by atoms with Gasteiger partial charge in [-0.05, 0) is 50.3 Å². The van der Waals surface area contributed by atoms with E-state index in [1.807, 2.05) is 19.9 Å². The molecule has 2 bridgehead atoms. The molecule has 2 aromatic rings. The molecule has 0 saturated carbocycles. The minimum Gasteiger partial charge on any atom is -0.459 e. The molecule has 2 unspecified atom stereocenters. The Bertz CT molecular complexity index is 871. The van der Waals surface area contributed by atoms with E-state index in [2.05, 4.69) is 60.4 Å². The second-order valence-electron chi connectivity index (χ2n) is 8.67. The van der Waals surface area contributed by atoms with Gasteiger partial charge in [0.2, 0.25) is 0 Å². The number of halogens is 1. The molecule has 0 N–H and O–H groups in total. The number of esters is 1. The van der Waals surface area contributed by atoms with E-state index in [9.17, 15) is 4.79 Å². The van der Waals surface area contributed by atoms with E-state index >= 15 is 0 Å². The van der Waals surface area contributed by atoms with Crippen molar-refractivity contribution in [1.82, 2.24) is 4.90 Å². The highest BCUT2D eigenvalue weighted by Gasteiger charge is 2.41. The third-order valence-corrected chi connectivity index (χ3v) is 6.42. The molecule has 30 heavy (non-hydrogen) atoms. The highest BCUT2D eigenvalue weighted by Crippen LogP contribution is 2.37. The summed E-state index contributed by atoms with van der Waals surface area (Å²) in [5.41, 5.74) is 5.20. The number of benzene rings is 2. The topological polar surface area (TPSA) is 29.5 Å². The third kappa shape index (κ3) is 4.96. The van der Waals surface area contributed by atoms with Crippen LogP contribution in [0.5, 0.6) is 0 Å². The Morgan fingerprint density at radius 2 is 1.63 bits per heavy atom. The molecule has 2 aromatic carbocycles. The predicted molar refractivity (Wildman–Crippen MR) is 125 cm³/mol. The summed E-state index contributed by atoms with van der Waals surface area (Å²) in [5, 5.41) is 0. The second-order valence-corrected chi connectivity index (χ2v) is 8.67. The molecule has 0 spiro atoms. The lowest BCUT2D eigenvalue weighted by Gasteiger charge is -2.38. The van der Waals surface area contributed by atoms with Crippen molar-refractivity contribution < 1.29 is 9.53 Å². The van der Waals surface area contributed by atoms with Gasteiger partial charge < -0.3 is 4.74 Å². The Morgan fingerprint density at radius 3 is 2.23 bits per heavy atom. The molecular formula is C26H32ClNO2. The third-order valence-electron chi connectivity index (χ3n) is 6.42. The van der Waals surface area contributed by atoms with Crippen LogP contribution in [-0.4, -0.2) is 35.6 Å². The number of rotatable bonds is 5. The summed E-state index contributed by atoms with van der Waals surface area (Å²) in [6.07, 6.45) is 8.83. The SMILES string of the molecule is Cc1cc(C)c(C(=O)OC2CC3CCC(C2)N3C/C=C/c2ccccc2)c(C)c1.Cl.